The van der Waals surface area contributed by atoms with Gasteiger partial charge in [0, 0.05) is 25.9 Å². The van der Waals surface area contributed by atoms with Crippen molar-refractivity contribution >= 4 is 21.7 Å². The molecule has 2 aromatic carbocycles. The summed E-state index contributed by atoms with van der Waals surface area (Å²) in [5, 5.41) is 0. The second-order valence-electron chi connectivity index (χ2n) is 7.08. The van der Waals surface area contributed by atoms with E-state index in [-0.39, 0.29) is 0 Å². The van der Waals surface area contributed by atoms with Crippen LogP contribution >= 0.6 is 11.5 Å². The van der Waals surface area contributed by atoms with Crippen molar-refractivity contribution in [2.75, 3.05) is 14.2 Å². The highest BCUT2D eigenvalue weighted by molar-refractivity contribution is 7.13. The second-order valence-corrected chi connectivity index (χ2v) is 8.25. The van der Waals surface area contributed by atoms with Crippen LogP contribution in [-0.4, -0.2) is 27.7 Å². The van der Waals surface area contributed by atoms with E-state index in [4.69, 9.17) is 14.5 Å². The standard InChI is InChI=1S/C23H25N3O2S/c1-16(17-7-9-18(27-3)10-8-17)15-26-13-5-6-21-23(26)24-20-14-19(28-4)11-12-22(20)29-25(21)2/h5-14,16H,15H2,1-4H3. The molecule has 0 aliphatic carbocycles. The third kappa shape index (κ3) is 3.93. The molecule has 0 saturated heterocycles. The van der Waals surface area contributed by atoms with Crippen LogP contribution in [0, 0.1) is 0 Å². The molecule has 29 heavy (non-hydrogen) atoms. The summed E-state index contributed by atoms with van der Waals surface area (Å²) in [7, 11) is 5.45. The number of pyridine rings is 1. The molecule has 0 saturated carbocycles. The Morgan fingerprint density at radius 1 is 1.00 bits per heavy atom. The van der Waals surface area contributed by atoms with Crippen LogP contribution in [-0.2, 0) is 13.6 Å². The number of methoxy groups -OCH3 is 2. The monoisotopic (exact) mass is 407 g/mol. The number of hydrogen-bond donors (Lipinski definition) is 0. The largest absolute Gasteiger partial charge is 0.497 e. The van der Waals surface area contributed by atoms with Gasteiger partial charge in [0.15, 0.2) is 5.82 Å². The molecule has 0 fully saturated rings. The average Bonchev–Trinajstić information content (AvgIpc) is 2.89. The van der Waals surface area contributed by atoms with E-state index in [0.717, 1.165) is 39.8 Å². The first-order valence-corrected chi connectivity index (χ1v) is 10.3. The molecule has 2 heterocycles. The fourth-order valence-corrected chi connectivity index (χ4v) is 4.34. The SMILES string of the molecule is COc1ccc(C(C)Cn2cccc3n(C)sc4ccc(OC)cc4nc2-3)cc1. The van der Waals surface area contributed by atoms with Crippen LogP contribution in [0.25, 0.3) is 21.7 Å². The summed E-state index contributed by atoms with van der Waals surface area (Å²) in [5.74, 6) is 2.98. The van der Waals surface area contributed by atoms with Gasteiger partial charge in [0.1, 0.15) is 11.5 Å². The molecule has 0 bridgehead atoms. The van der Waals surface area contributed by atoms with Crippen molar-refractivity contribution in [2.24, 2.45) is 7.05 Å². The van der Waals surface area contributed by atoms with E-state index in [0.29, 0.717) is 5.92 Å². The number of rotatable bonds is 5. The van der Waals surface area contributed by atoms with Crippen LogP contribution in [0.4, 0.5) is 0 Å². The minimum atomic E-state index is 0.332. The smallest absolute Gasteiger partial charge is 0.158 e. The molecule has 4 rings (SSSR count). The summed E-state index contributed by atoms with van der Waals surface area (Å²) in [6.45, 7) is 3.07. The lowest BCUT2D eigenvalue weighted by atomic mass is 10.0. The Kier molecular flexibility index (Phi) is 5.45. The molecule has 5 nitrogen and oxygen atoms in total. The molecule has 0 amide bonds. The molecule has 0 radical (unpaired) electrons. The molecule has 0 spiro atoms. The van der Waals surface area contributed by atoms with Crippen molar-refractivity contribution in [1.29, 1.82) is 0 Å². The van der Waals surface area contributed by atoms with Crippen LogP contribution in [0.2, 0.25) is 0 Å². The lowest BCUT2D eigenvalue weighted by molar-refractivity contribution is 0.414. The van der Waals surface area contributed by atoms with Crippen molar-refractivity contribution in [1.82, 2.24) is 13.5 Å². The molecule has 2 aliphatic heterocycles. The zero-order valence-corrected chi connectivity index (χ0v) is 17.9. The Bertz CT molecular complexity index is 1140. The Morgan fingerprint density at radius 2 is 1.72 bits per heavy atom. The lowest BCUT2D eigenvalue weighted by Gasteiger charge is -2.19. The van der Waals surface area contributed by atoms with Crippen LogP contribution in [0.3, 0.4) is 0 Å². The third-order valence-corrected chi connectivity index (χ3v) is 6.16. The molecule has 150 valence electrons. The topological polar surface area (TPSA) is 41.2 Å². The maximum atomic E-state index is 5.41. The molecular weight excluding hydrogens is 382 g/mol. The first kappa shape index (κ1) is 19.3. The summed E-state index contributed by atoms with van der Waals surface area (Å²) in [5.41, 5.74) is 3.29. The number of fused-ring (bicyclic) bond motifs is 2. The van der Waals surface area contributed by atoms with Crippen molar-refractivity contribution < 1.29 is 9.47 Å². The van der Waals surface area contributed by atoms with Gasteiger partial charge in [-0.05, 0) is 47.9 Å². The molecule has 2 aliphatic rings. The summed E-state index contributed by atoms with van der Waals surface area (Å²) in [6, 6.07) is 18.5. The molecule has 0 N–H and O–H groups in total. The number of aromatic nitrogens is 3. The minimum absolute atomic E-state index is 0.332. The van der Waals surface area contributed by atoms with E-state index in [1.165, 1.54) is 5.56 Å². The molecule has 1 unspecified atom stereocenters. The average molecular weight is 408 g/mol. The minimum Gasteiger partial charge on any atom is -0.497 e. The Hall–Kier alpha value is -2.99. The Balaban J connectivity index is 1.79. The Morgan fingerprint density at radius 3 is 2.45 bits per heavy atom. The van der Waals surface area contributed by atoms with E-state index in [1.807, 2.05) is 24.3 Å². The van der Waals surface area contributed by atoms with Gasteiger partial charge in [-0.15, -0.1) is 0 Å². The highest BCUT2D eigenvalue weighted by atomic mass is 32.1. The fourth-order valence-electron chi connectivity index (χ4n) is 3.48. The zero-order chi connectivity index (χ0) is 20.4. The Labute approximate surface area is 175 Å². The first-order chi connectivity index (χ1) is 14.1. The predicted molar refractivity (Wildman–Crippen MR) is 119 cm³/mol. The van der Waals surface area contributed by atoms with Gasteiger partial charge in [0.25, 0.3) is 0 Å². The summed E-state index contributed by atoms with van der Waals surface area (Å²) >= 11 is 1.68. The highest BCUT2D eigenvalue weighted by Gasteiger charge is 2.14. The third-order valence-electron chi connectivity index (χ3n) is 5.14. The van der Waals surface area contributed by atoms with Gasteiger partial charge >= 0.3 is 0 Å². The van der Waals surface area contributed by atoms with E-state index in [1.54, 1.807) is 25.8 Å². The zero-order valence-electron chi connectivity index (χ0n) is 17.1. The summed E-state index contributed by atoms with van der Waals surface area (Å²) in [4.78, 5) is 5.04. The van der Waals surface area contributed by atoms with E-state index < -0.39 is 0 Å². The number of aryl methyl sites for hydroxylation is 1. The quantitative estimate of drug-likeness (QED) is 0.439. The van der Waals surface area contributed by atoms with Gasteiger partial charge in [-0.3, -0.25) is 3.96 Å². The maximum Gasteiger partial charge on any atom is 0.158 e. The van der Waals surface area contributed by atoms with Crippen molar-refractivity contribution in [3.63, 3.8) is 0 Å². The van der Waals surface area contributed by atoms with Crippen LogP contribution in [0.15, 0.2) is 60.8 Å². The lowest BCUT2D eigenvalue weighted by Crippen LogP contribution is -2.11. The van der Waals surface area contributed by atoms with E-state index in [2.05, 4.69) is 59.0 Å². The number of ether oxygens (including phenoxy) is 2. The predicted octanol–water partition coefficient (Wildman–Crippen LogP) is 5.49. The van der Waals surface area contributed by atoms with Gasteiger partial charge in [-0.1, -0.05) is 30.6 Å². The number of benzene rings is 2. The second kappa shape index (κ2) is 8.17. The number of hydrogen-bond acceptors (Lipinski definition) is 4. The normalized spacial score (nSPS) is 12.1. The van der Waals surface area contributed by atoms with E-state index >= 15 is 0 Å². The first-order valence-electron chi connectivity index (χ1n) is 9.57. The van der Waals surface area contributed by atoms with Gasteiger partial charge in [0.2, 0.25) is 0 Å². The van der Waals surface area contributed by atoms with Gasteiger partial charge < -0.3 is 14.0 Å². The number of nitrogens with zero attached hydrogens (tertiary/aromatic N) is 3. The summed E-state index contributed by atoms with van der Waals surface area (Å²) < 4.78 is 16.2. The van der Waals surface area contributed by atoms with Gasteiger partial charge in [-0.2, -0.15) is 0 Å². The van der Waals surface area contributed by atoms with Gasteiger partial charge in [-0.25, -0.2) is 4.98 Å². The maximum absolute atomic E-state index is 5.41. The molecule has 1 atom stereocenters. The molecule has 6 heteroatoms. The van der Waals surface area contributed by atoms with Crippen molar-refractivity contribution in [2.45, 2.75) is 19.4 Å². The highest BCUT2D eigenvalue weighted by Crippen LogP contribution is 2.29. The van der Waals surface area contributed by atoms with Crippen LogP contribution in [0.5, 0.6) is 11.5 Å². The van der Waals surface area contributed by atoms with E-state index in [9.17, 15) is 0 Å². The van der Waals surface area contributed by atoms with Crippen molar-refractivity contribution in [3.05, 3.63) is 66.4 Å². The van der Waals surface area contributed by atoms with Crippen LogP contribution in [0.1, 0.15) is 18.4 Å². The summed E-state index contributed by atoms with van der Waals surface area (Å²) in [6.07, 6.45) is 2.10. The molecule has 2 aromatic rings. The molecular formula is C23H25N3O2S. The van der Waals surface area contributed by atoms with Crippen molar-refractivity contribution in [3.8, 4) is 23.0 Å². The van der Waals surface area contributed by atoms with Crippen LogP contribution < -0.4 is 9.47 Å². The molecule has 0 aromatic heterocycles. The van der Waals surface area contributed by atoms with Gasteiger partial charge in [0.05, 0.1) is 30.1 Å². The fraction of sp³-hybridized carbons (Fsp3) is 0.261.